The number of aliphatic imine (C=N–C) groups is 2. The van der Waals surface area contributed by atoms with Crippen LogP contribution in [0.2, 0.25) is 0 Å². The summed E-state index contributed by atoms with van der Waals surface area (Å²) in [5.41, 5.74) is -0.569. The summed E-state index contributed by atoms with van der Waals surface area (Å²) >= 11 is 0. The van der Waals surface area contributed by atoms with Crippen LogP contribution >= 0.6 is 0 Å². The van der Waals surface area contributed by atoms with Crippen molar-refractivity contribution in [1.29, 1.82) is 0 Å². The summed E-state index contributed by atoms with van der Waals surface area (Å²) in [5.74, 6) is 2.12. The van der Waals surface area contributed by atoms with E-state index < -0.39 is 11.8 Å². The molecule has 0 aromatic carbocycles. The fourth-order valence-electron chi connectivity index (χ4n) is 1.72. The van der Waals surface area contributed by atoms with E-state index in [4.69, 9.17) is 7.85 Å². The molecule has 0 aromatic rings. The topological polar surface area (TPSA) is 48.2 Å². The third-order valence-electron chi connectivity index (χ3n) is 4.35. The highest BCUT2D eigenvalue weighted by Crippen LogP contribution is 2.28. The maximum Gasteiger partial charge on any atom is 0.146 e. The molecule has 0 spiro atoms. The summed E-state index contributed by atoms with van der Waals surface area (Å²) in [7, 11) is 6.94. The van der Waals surface area contributed by atoms with Crippen molar-refractivity contribution in [3.05, 3.63) is 12.2 Å². The van der Waals surface area contributed by atoms with Crippen LogP contribution in [0.4, 0.5) is 4.39 Å². The Balaban J connectivity index is 0.000000561. The lowest BCUT2D eigenvalue weighted by molar-refractivity contribution is -0.0238. The first-order valence-corrected chi connectivity index (χ1v) is 8.51. The Morgan fingerprint density at radius 3 is 2.25 bits per heavy atom. The van der Waals surface area contributed by atoms with Gasteiger partial charge in [-0.1, -0.05) is 20.8 Å². The van der Waals surface area contributed by atoms with Gasteiger partial charge in [0.2, 0.25) is 0 Å². The SMILES string of the molecule is CC(C)(C)C(C)(C)O.[B]/C=C/N=C(C=NC)N1CCCC(F)CC1. The number of aliphatic hydroxyl groups is 1. The van der Waals surface area contributed by atoms with Crippen LogP contribution in [0.15, 0.2) is 22.2 Å². The van der Waals surface area contributed by atoms with E-state index in [0.717, 1.165) is 18.8 Å². The normalized spacial score (nSPS) is 20.9. The molecule has 2 radical (unpaired) electrons. The molecular formula is C18H33BFN3O. The molecule has 1 saturated heterocycles. The largest absolute Gasteiger partial charge is 0.390 e. The van der Waals surface area contributed by atoms with Gasteiger partial charge < -0.3 is 10.0 Å². The van der Waals surface area contributed by atoms with Crippen LogP contribution in [-0.2, 0) is 0 Å². The summed E-state index contributed by atoms with van der Waals surface area (Å²) < 4.78 is 13.2. The van der Waals surface area contributed by atoms with Crippen LogP contribution < -0.4 is 0 Å². The molecule has 0 amide bonds. The quantitative estimate of drug-likeness (QED) is 0.477. The predicted molar refractivity (Wildman–Crippen MR) is 103 cm³/mol. The number of likely N-dealkylation sites (tertiary alicyclic amines) is 1. The second kappa shape index (κ2) is 10.6. The smallest absolute Gasteiger partial charge is 0.146 e. The minimum absolute atomic E-state index is 0.00694. The van der Waals surface area contributed by atoms with Crippen molar-refractivity contribution in [3.8, 4) is 0 Å². The van der Waals surface area contributed by atoms with Gasteiger partial charge in [-0.15, -0.1) is 5.98 Å². The first-order valence-electron chi connectivity index (χ1n) is 8.51. The second-order valence-corrected chi connectivity index (χ2v) is 7.54. The molecule has 4 nitrogen and oxygen atoms in total. The van der Waals surface area contributed by atoms with Gasteiger partial charge in [-0.3, -0.25) is 4.99 Å². The Kier molecular flexibility index (Phi) is 10.1. The van der Waals surface area contributed by atoms with E-state index in [9.17, 15) is 9.50 Å². The van der Waals surface area contributed by atoms with E-state index in [2.05, 4.69) is 9.98 Å². The Bertz CT molecular complexity index is 425. The van der Waals surface area contributed by atoms with E-state index in [-0.39, 0.29) is 5.41 Å². The number of hydrogen-bond acceptors (Lipinski definition) is 3. The molecule has 6 heteroatoms. The number of rotatable bonds is 2. The van der Waals surface area contributed by atoms with Crippen molar-refractivity contribution >= 4 is 19.9 Å². The average Bonchev–Trinajstić information content (AvgIpc) is 2.67. The molecule has 0 aliphatic carbocycles. The number of alkyl halides is 1. The van der Waals surface area contributed by atoms with Crippen LogP contribution in [0.5, 0.6) is 0 Å². The van der Waals surface area contributed by atoms with Gasteiger partial charge in [-0.25, -0.2) is 9.38 Å². The molecule has 1 N–H and O–H groups in total. The average molecular weight is 337 g/mol. The summed E-state index contributed by atoms with van der Waals surface area (Å²) in [5, 5.41) is 9.35. The lowest BCUT2D eigenvalue weighted by atomic mass is 9.79. The Hall–Kier alpha value is -1.17. The van der Waals surface area contributed by atoms with Gasteiger partial charge in [0.05, 0.1) is 11.8 Å². The van der Waals surface area contributed by atoms with Gasteiger partial charge in [-0.2, -0.15) is 0 Å². The monoisotopic (exact) mass is 337 g/mol. The fourth-order valence-corrected chi connectivity index (χ4v) is 1.72. The fraction of sp³-hybridized carbons (Fsp3) is 0.778. The highest BCUT2D eigenvalue weighted by molar-refractivity contribution is 6.29. The molecule has 1 atom stereocenters. The van der Waals surface area contributed by atoms with Gasteiger partial charge in [0.1, 0.15) is 19.9 Å². The standard InChI is InChI=1S/C11H17BFN3.C7H16O/c1-14-9-11(15-6-5-12)16-7-2-3-10(13)4-8-16;1-6(2,3)7(4,5)8/h5-6,9-10H,2-4,7-8H2,1H3;8H,1-5H3/b6-5+,14-9?,15-11?;. The second-order valence-electron chi connectivity index (χ2n) is 7.54. The zero-order valence-electron chi connectivity index (χ0n) is 16.1. The van der Waals surface area contributed by atoms with Crippen molar-refractivity contribution in [2.75, 3.05) is 20.1 Å². The van der Waals surface area contributed by atoms with E-state index in [1.165, 1.54) is 12.2 Å². The van der Waals surface area contributed by atoms with Gasteiger partial charge in [0.15, 0.2) is 0 Å². The molecule has 1 aliphatic heterocycles. The molecule has 0 bridgehead atoms. The van der Waals surface area contributed by atoms with Gasteiger partial charge in [-0.05, 0) is 38.5 Å². The van der Waals surface area contributed by atoms with Gasteiger partial charge in [0.25, 0.3) is 0 Å². The summed E-state index contributed by atoms with van der Waals surface area (Å²) in [6.07, 6.45) is 4.56. The molecular weight excluding hydrogens is 304 g/mol. The van der Waals surface area contributed by atoms with Crippen molar-refractivity contribution < 1.29 is 9.50 Å². The van der Waals surface area contributed by atoms with E-state index >= 15 is 0 Å². The van der Waals surface area contributed by atoms with E-state index in [0.29, 0.717) is 19.4 Å². The molecule has 1 unspecified atom stereocenters. The molecule has 1 heterocycles. The van der Waals surface area contributed by atoms with Crippen LogP contribution in [0.3, 0.4) is 0 Å². The predicted octanol–water partition coefficient (Wildman–Crippen LogP) is 3.35. The zero-order valence-corrected chi connectivity index (χ0v) is 16.1. The van der Waals surface area contributed by atoms with E-state index in [1.54, 1.807) is 13.3 Å². The first kappa shape index (κ1) is 22.8. The van der Waals surface area contributed by atoms with Crippen molar-refractivity contribution in [3.63, 3.8) is 0 Å². The lowest BCUT2D eigenvalue weighted by Crippen LogP contribution is -2.35. The lowest BCUT2D eigenvalue weighted by Gasteiger charge is -2.33. The molecule has 24 heavy (non-hydrogen) atoms. The van der Waals surface area contributed by atoms with Crippen LogP contribution in [-0.4, -0.2) is 61.8 Å². The summed E-state index contributed by atoms with van der Waals surface area (Å²) in [6, 6.07) is 0. The third-order valence-corrected chi connectivity index (χ3v) is 4.35. The molecule has 1 aliphatic rings. The van der Waals surface area contributed by atoms with Gasteiger partial charge in [0, 0.05) is 26.3 Å². The van der Waals surface area contributed by atoms with Crippen LogP contribution in [0, 0.1) is 5.41 Å². The third kappa shape index (κ3) is 9.21. The molecule has 0 aromatic heterocycles. The molecule has 1 rings (SSSR count). The Morgan fingerprint density at radius 1 is 1.21 bits per heavy atom. The molecule has 136 valence electrons. The Morgan fingerprint density at radius 2 is 1.79 bits per heavy atom. The van der Waals surface area contributed by atoms with Gasteiger partial charge >= 0.3 is 0 Å². The summed E-state index contributed by atoms with van der Waals surface area (Å²) in [4.78, 5) is 10.2. The maximum atomic E-state index is 13.2. The number of amidine groups is 1. The van der Waals surface area contributed by atoms with Crippen LogP contribution in [0.1, 0.15) is 53.9 Å². The van der Waals surface area contributed by atoms with E-state index in [1.807, 2.05) is 39.5 Å². The number of nitrogens with zero attached hydrogens (tertiary/aromatic N) is 3. The zero-order chi connectivity index (χ0) is 18.8. The maximum absolute atomic E-state index is 13.2. The number of hydrogen-bond donors (Lipinski definition) is 1. The van der Waals surface area contributed by atoms with Crippen molar-refractivity contribution in [2.24, 2.45) is 15.4 Å². The minimum Gasteiger partial charge on any atom is -0.390 e. The summed E-state index contributed by atoms with van der Waals surface area (Å²) in [6.45, 7) is 11.2. The minimum atomic E-state index is -0.685. The number of halogens is 1. The first-order chi connectivity index (χ1) is 11.0. The molecule has 1 fully saturated rings. The van der Waals surface area contributed by atoms with Crippen molar-refractivity contribution in [2.45, 2.75) is 65.7 Å². The van der Waals surface area contributed by atoms with Crippen molar-refractivity contribution in [1.82, 2.24) is 4.90 Å². The Labute approximate surface area is 148 Å². The highest BCUT2D eigenvalue weighted by atomic mass is 19.1. The molecule has 0 saturated carbocycles. The van der Waals surface area contributed by atoms with Crippen LogP contribution in [0.25, 0.3) is 0 Å². The highest BCUT2D eigenvalue weighted by Gasteiger charge is 2.29.